The Hall–Kier alpha value is -0.120. The first-order valence-electron chi connectivity index (χ1n) is 9.21. The van der Waals surface area contributed by atoms with Gasteiger partial charge in [0.2, 0.25) is 0 Å². The van der Waals surface area contributed by atoms with Gasteiger partial charge in [-0.05, 0) is 59.2 Å². The first kappa shape index (κ1) is 17.2. The monoisotopic (exact) mass is 296 g/mol. The Morgan fingerprint density at radius 2 is 1.86 bits per heavy atom. The summed E-state index contributed by atoms with van der Waals surface area (Å²) in [7, 11) is 4.59. The second-order valence-electron chi connectivity index (χ2n) is 7.23. The van der Waals surface area contributed by atoms with E-state index in [9.17, 15) is 0 Å². The van der Waals surface area contributed by atoms with Crippen molar-refractivity contribution in [2.75, 3.05) is 27.2 Å². The Balaban J connectivity index is 2.03. The summed E-state index contributed by atoms with van der Waals surface area (Å²) in [5, 5.41) is 3.83. The number of nitrogens with one attached hydrogen (secondary N) is 1. The molecule has 2 rings (SSSR count). The molecule has 0 aromatic carbocycles. The van der Waals surface area contributed by atoms with E-state index >= 15 is 0 Å². The summed E-state index contributed by atoms with van der Waals surface area (Å²) in [5.41, 5.74) is 0.352. The maximum atomic E-state index is 5.85. The lowest BCUT2D eigenvalue weighted by Crippen LogP contribution is -2.59. The van der Waals surface area contributed by atoms with E-state index in [1.165, 1.54) is 64.2 Å². The summed E-state index contributed by atoms with van der Waals surface area (Å²) in [4.78, 5) is 2.53. The highest BCUT2D eigenvalue weighted by Crippen LogP contribution is 2.36. The number of nitrogens with zero attached hydrogens (tertiary/aromatic N) is 1. The first-order chi connectivity index (χ1) is 10.2. The minimum absolute atomic E-state index is 0.352. The van der Waals surface area contributed by atoms with E-state index in [1.807, 2.05) is 0 Å². The maximum Gasteiger partial charge on any atom is 0.0576 e. The number of hydrogen-bond donors (Lipinski definition) is 1. The lowest BCUT2D eigenvalue weighted by atomic mass is 9.78. The summed E-state index contributed by atoms with van der Waals surface area (Å²) >= 11 is 0. The van der Waals surface area contributed by atoms with Crippen molar-refractivity contribution in [3.8, 4) is 0 Å². The summed E-state index contributed by atoms with van der Waals surface area (Å²) in [6.07, 6.45) is 13.9. The number of likely N-dealkylation sites (N-methyl/N-ethyl adjacent to an activating group) is 2. The van der Waals surface area contributed by atoms with E-state index in [4.69, 9.17) is 4.74 Å². The van der Waals surface area contributed by atoms with Crippen LogP contribution in [0.3, 0.4) is 0 Å². The topological polar surface area (TPSA) is 24.5 Å². The van der Waals surface area contributed by atoms with Crippen molar-refractivity contribution in [3.63, 3.8) is 0 Å². The molecule has 0 spiro atoms. The molecule has 0 bridgehead atoms. The molecule has 2 atom stereocenters. The molecule has 3 nitrogen and oxygen atoms in total. The maximum absolute atomic E-state index is 5.85. The normalized spacial score (nSPS) is 27.7. The van der Waals surface area contributed by atoms with Gasteiger partial charge in [0.15, 0.2) is 0 Å². The summed E-state index contributed by atoms with van der Waals surface area (Å²) in [6, 6.07) is 0.611. The van der Waals surface area contributed by atoms with Crippen molar-refractivity contribution in [3.05, 3.63) is 0 Å². The van der Waals surface area contributed by atoms with Gasteiger partial charge < -0.3 is 15.0 Å². The molecule has 1 saturated carbocycles. The van der Waals surface area contributed by atoms with Gasteiger partial charge in [-0.25, -0.2) is 0 Å². The van der Waals surface area contributed by atoms with Crippen LogP contribution < -0.4 is 5.32 Å². The van der Waals surface area contributed by atoms with E-state index in [1.54, 1.807) is 0 Å². The van der Waals surface area contributed by atoms with Crippen LogP contribution in [0.25, 0.3) is 0 Å². The molecular formula is C18H36N2O. The lowest BCUT2D eigenvalue weighted by Gasteiger charge is -2.46. The van der Waals surface area contributed by atoms with Gasteiger partial charge in [0.1, 0.15) is 0 Å². The molecule has 0 amide bonds. The molecule has 1 heterocycles. The van der Waals surface area contributed by atoms with Gasteiger partial charge in [-0.1, -0.05) is 32.6 Å². The molecule has 3 heteroatoms. The average Bonchev–Trinajstić information content (AvgIpc) is 2.86. The molecule has 2 unspecified atom stereocenters. The predicted molar refractivity (Wildman–Crippen MR) is 89.8 cm³/mol. The second kappa shape index (κ2) is 8.50. The van der Waals surface area contributed by atoms with Crippen LogP contribution in [-0.2, 0) is 4.74 Å². The molecule has 1 N–H and O–H groups in total. The fourth-order valence-electron chi connectivity index (χ4n) is 4.48. The molecule has 2 aliphatic rings. The molecule has 1 saturated heterocycles. The van der Waals surface area contributed by atoms with Crippen molar-refractivity contribution in [1.82, 2.24) is 10.2 Å². The summed E-state index contributed by atoms with van der Waals surface area (Å²) in [5.74, 6) is 0. The third-order valence-electron chi connectivity index (χ3n) is 5.76. The number of hydrogen-bond acceptors (Lipinski definition) is 3. The van der Waals surface area contributed by atoms with Gasteiger partial charge in [0, 0.05) is 18.2 Å². The van der Waals surface area contributed by atoms with Gasteiger partial charge in [0.05, 0.1) is 6.10 Å². The van der Waals surface area contributed by atoms with E-state index < -0.39 is 0 Å². The third-order valence-corrected chi connectivity index (χ3v) is 5.76. The molecular weight excluding hydrogens is 260 g/mol. The van der Waals surface area contributed by atoms with Crippen LogP contribution in [0.15, 0.2) is 0 Å². The molecule has 0 aromatic heterocycles. The first-order valence-corrected chi connectivity index (χ1v) is 9.21. The van der Waals surface area contributed by atoms with Crippen LogP contribution >= 0.6 is 0 Å². The quantitative estimate of drug-likeness (QED) is 0.727. The standard InChI is InChI=1S/C18H36N2O/c1-4-19-17(12-11-16-10-9-15-21-16)18(20(2)3)13-7-5-6-8-14-18/h16-17,19H,4-15H2,1-3H3. The highest BCUT2D eigenvalue weighted by atomic mass is 16.5. The van der Waals surface area contributed by atoms with E-state index in [2.05, 4.69) is 31.2 Å². The van der Waals surface area contributed by atoms with Gasteiger partial charge in [-0.15, -0.1) is 0 Å². The van der Waals surface area contributed by atoms with Crippen molar-refractivity contribution in [1.29, 1.82) is 0 Å². The van der Waals surface area contributed by atoms with Crippen LogP contribution in [0.2, 0.25) is 0 Å². The van der Waals surface area contributed by atoms with Crippen molar-refractivity contribution in [2.45, 2.75) is 88.8 Å². The predicted octanol–water partition coefficient (Wildman–Crippen LogP) is 3.58. The Kier molecular flexibility index (Phi) is 6.97. The molecule has 1 aliphatic carbocycles. The van der Waals surface area contributed by atoms with Gasteiger partial charge in [-0.2, -0.15) is 0 Å². The smallest absolute Gasteiger partial charge is 0.0576 e. The van der Waals surface area contributed by atoms with Crippen molar-refractivity contribution >= 4 is 0 Å². The molecule has 21 heavy (non-hydrogen) atoms. The van der Waals surface area contributed by atoms with Crippen LogP contribution in [-0.4, -0.2) is 49.8 Å². The Labute approximate surface area is 131 Å². The lowest BCUT2D eigenvalue weighted by molar-refractivity contribution is 0.0578. The molecule has 124 valence electrons. The zero-order valence-corrected chi connectivity index (χ0v) is 14.5. The number of ether oxygens (including phenoxy) is 1. The molecule has 0 radical (unpaired) electrons. The Morgan fingerprint density at radius 1 is 1.14 bits per heavy atom. The second-order valence-corrected chi connectivity index (χ2v) is 7.23. The van der Waals surface area contributed by atoms with Gasteiger partial charge >= 0.3 is 0 Å². The van der Waals surface area contributed by atoms with Crippen LogP contribution in [0.1, 0.15) is 71.1 Å². The van der Waals surface area contributed by atoms with Gasteiger partial charge in [-0.3, -0.25) is 0 Å². The Bertz CT molecular complexity index is 279. The van der Waals surface area contributed by atoms with Crippen molar-refractivity contribution < 1.29 is 4.74 Å². The van der Waals surface area contributed by atoms with Gasteiger partial charge in [0.25, 0.3) is 0 Å². The summed E-state index contributed by atoms with van der Waals surface area (Å²) < 4.78 is 5.85. The van der Waals surface area contributed by atoms with Crippen LogP contribution in [0.4, 0.5) is 0 Å². The van der Waals surface area contributed by atoms with E-state index in [0.717, 1.165) is 13.2 Å². The van der Waals surface area contributed by atoms with Crippen molar-refractivity contribution in [2.24, 2.45) is 0 Å². The number of rotatable bonds is 7. The fourth-order valence-corrected chi connectivity index (χ4v) is 4.48. The Morgan fingerprint density at radius 3 is 2.38 bits per heavy atom. The summed E-state index contributed by atoms with van der Waals surface area (Å²) in [6.45, 7) is 4.31. The highest BCUT2D eigenvalue weighted by Gasteiger charge is 2.40. The fraction of sp³-hybridized carbons (Fsp3) is 1.00. The SMILES string of the molecule is CCNC(CCC1CCCO1)C1(N(C)C)CCCCCC1. The zero-order valence-electron chi connectivity index (χ0n) is 14.5. The largest absolute Gasteiger partial charge is 0.378 e. The minimum Gasteiger partial charge on any atom is -0.378 e. The van der Waals surface area contributed by atoms with E-state index in [-0.39, 0.29) is 0 Å². The molecule has 1 aliphatic heterocycles. The van der Waals surface area contributed by atoms with Crippen LogP contribution in [0, 0.1) is 0 Å². The molecule has 2 fully saturated rings. The zero-order chi connectivity index (χ0) is 15.1. The minimum atomic E-state index is 0.352. The highest BCUT2D eigenvalue weighted by molar-refractivity contribution is 5.00. The van der Waals surface area contributed by atoms with Crippen LogP contribution in [0.5, 0.6) is 0 Å². The average molecular weight is 296 g/mol. The third kappa shape index (κ3) is 4.43. The molecule has 0 aromatic rings. The van der Waals surface area contributed by atoms with E-state index in [0.29, 0.717) is 17.7 Å².